The fraction of sp³-hybridized carbons (Fsp3) is 0.333. The molecule has 0 radical (unpaired) electrons. The van der Waals surface area contributed by atoms with E-state index in [4.69, 9.17) is 0 Å². The number of aromatic amines is 1. The molecule has 0 atom stereocenters. The van der Waals surface area contributed by atoms with Gasteiger partial charge in [-0.15, -0.1) is 0 Å². The first-order chi connectivity index (χ1) is 18.4. The molecule has 1 aliphatic heterocycles. The summed E-state index contributed by atoms with van der Waals surface area (Å²) in [6, 6.07) is 19.3. The smallest absolute Gasteiger partial charge is 0.306 e. The Kier molecular flexibility index (Phi) is 6.43. The number of fused-ring (bicyclic) bond motifs is 2. The van der Waals surface area contributed by atoms with Crippen LogP contribution in [0, 0.1) is 0 Å². The van der Waals surface area contributed by atoms with Crippen LogP contribution < -0.4 is 15.6 Å². The molecule has 1 saturated carbocycles. The van der Waals surface area contributed by atoms with Crippen molar-refractivity contribution in [2.24, 2.45) is 0 Å². The average molecular weight is 530 g/mol. The van der Waals surface area contributed by atoms with E-state index < -0.39 is 21.3 Å². The van der Waals surface area contributed by atoms with Crippen LogP contribution in [0.25, 0.3) is 16.6 Å². The Morgan fingerprint density at radius 2 is 1.63 bits per heavy atom. The van der Waals surface area contributed by atoms with Crippen LogP contribution >= 0.6 is 0 Å². The van der Waals surface area contributed by atoms with Crippen molar-refractivity contribution in [1.82, 2.24) is 9.55 Å². The molecule has 0 unspecified atom stereocenters. The van der Waals surface area contributed by atoms with Crippen LogP contribution in [-0.2, 0) is 16.4 Å². The normalized spacial score (nSPS) is 16.8. The molecule has 4 aromatic rings. The molecule has 3 aromatic carbocycles. The van der Waals surface area contributed by atoms with Gasteiger partial charge in [-0.25, -0.2) is 17.8 Å². The second kappa shape index (κ2) is 9.91. The molecule has 0 saturated heterocycles. The minimum atomic E-state index is -3.94. The third-order valence-corrected chi connectivity index (χ3v) is 9.79. The summed E-state index contributed by atoms with van der Waals surface area (Å²) in [4.78, 5) is 28.8. The number of hydrogen-bond acceptors (Lipinski definition) is 4. The minimum Gasteiger partial charge on any atom is -0.306 e. The number of aryl methyl sites for hydroxylation is 1. The van der Waals surface area contributed by atoms with E-state index in [0.717, 1.165) is 47.9 Å². The van der Waals surface area contributed by atoms with E-state index in [9.17, 15) is 18.0 Å². The van der Waals surface area contributed by atoms with Crippen molar-refractivity contribution in [2.45, 2.75) is 62.2 Å². The predicted octanol–water partition coefficient (Wildman–Crippen LogP) is 5.26. The van der Waals surface area contributed by atoms with Gasteiger partial charge in [-0.3, -0.25) is 9.10 Å². The Hall–Kier alpha value is -3.65. The Bertz CT molecular complexity index is 1730. The van der Waals surface area contributed by atoms with Crippen LogP contribution in [0.15, 0.2) is 81.2 Å². The van der Waals surface area contributed by atoms with Crippen molar-refractivity contribution < 1.29 is 8.42 Å². The highest BCUT2D eigenvalue weighted by Crippen LogP contribution is 2.38. The molecule has 0 spiro atoms. The van der Waals surface area contributed by atoms with E-state index in [1.165, 1.54) is 41.3 Å². The summed E-state index contributed by atoms with van der Waals surface area (Å²) >= 11 is 0. The van der Waals surface area contributed by atoms with E-state index in [1.54, 1.807) is 36.4 Å². The van der Waals surface area contributed by atoms with Gasteiger partial charge in [0.05, 0.1) is 27.2 Å². The molecule has 0 amide bonds. The zero-order valence-electron chi connectivity index (χ0n) is 21.2. The van der Waals surface area contributed by atoms with Gasteiger partial charge in [-0.05, 0) is 85.5 Å². The maximum absolute atomic E-state index is 14.1. The molecular formula is C30H31N3O4S. The molecule has 1 aromatic heterocycles. The fourth-order valence-corrected chi connectivity index (χ4v) is 7.54. The lowest BCUT2D eigenvalue weighted by atomic mass is 9.83. The van der Waals surface area contributed by atoms with Crippen molar-refractivity contribution in [3.8, 4) is 5.69 Å². The summed E-state index contributed by atoms with van der Waals surface area (Å²) < 4.78 is 30.8. The van der Waals surface area contributed by atoms with Gasteiger partial charge in [0.2, 0.25) is 0 Å². The first kappa shape index (κ1) is 24.7. The lowest BCUT2D eigenvalue weighted by Gasteiger charge is -2.28. The van der Waals surface area contributed by atoms with E-state index >= 15 is 0 Å². The molecular weight excluding hydrogens is 498 g/mol. The molecule has 196 valence electrons. The molecule has 6 rings (SSSR count). The van der Waals surface area contributed by atoms with Crippen LogP contribution in [0.3, 0.4) is 0 Å². The number of rotatable bonds is 4. The third-order valence-electron chi connectivity index (χ3n) is 7.98. The summed E-state index contributed by atoms with van der Waals surface area (Å²) in [7, 11) is -3.94. The van der Waals surface area contributed by atoms with E-state index in [0.29, 0.717) is 23.4 Å². The molecule has 38 heavy (non-hydrogen) atoms. The zero-order valence-corrected chi connectivity index (χ0v) is 22.0. The Labute approximate surface area is 221 Å². The van der Waals surface area contributed by atoms with Crippen molar-refractivity contribution in [3.05, 3.63) is 98.7 Å². The highest BCUT2D eigenvalue weighted by molar-refractivity contribution is 7.92. The van der Waals surface area contributed by atoms with Gasteiger partial charge in [0.25, 0.3) is 15.6 Å². The average Bonchev–Trinajstić information content (AvgIpc) is 3.16. The molecule has 2 aliphatic rings. The number of benzene rings is 3. The number of aromatic nitrogens is 2. The van der Waals surface area contributed by atoms with Crippen LogP contribution in [0.1, 0.15) is 62.0 Å². The van der Waals surface area contributed by atoms with E-state index in [1.807, 2.05) is 0 Å². The van der Waals surface area contributed by atoms with Gasteiger partial charge in [0, 0.05) is 6.54 Å². The van der Waals surface area contributed by atoms with Gasteiger partial charge in [-0.2, -0.15) is 0 Å². The molecule has 1 fully saturated rings. The number of H-pyrrole nitrogens is 1. The number of nitrogens with zero attached hydrogens (tertiary/aromatic N) is 2. The quantitative estimate of drug-likeness (QED) is 0.390. The number of nitrogens with one attached hydrogen (secondary N) is 1. The van der Waals surface area contributed by atoms with Crippen LogP contribution in [-0.4, -0.2) is 24.5 Å². The summed E-state index contributed by atoms with van der Waals surface area (Å²) in [5.41, 5.74) is 2.58. The van der Waals surface area contributed by atoms with Gasteiger partial charge in [-0.1, -0.05) is 49.6 Å². The lowest BCUT2D eigenvalue weighted by Crippen LogP contribution is -2.34. The number of sulfonamides is 1. The van der Waals surface area contributed by atoms with Crippen molar-refractivity contribution in [3.63, 3.8) is 0 Å². The highest BCUT2D eigenvalue weighted by atomic mass is 32.2. The second-order valence-electron chi connectivity index (χ2n) is 10.4. The Morgan fingerprint density at radius 3 is 2.47 bits per heavy atom. The zero-order chi connectivity index (χ0) is 26.3. The molecule has 7 nitrogen and oxygen atoms in total. The Balaban J connectivity index is 1.43. The maximum Gasteiger partial charge on any atom is 0.333 e. The van der Waals surface area contributed by atoms with E-state index in [-0.39, 0.29) is 10.6 Å². The van der Waals surface area contributed by atoms with Gasteiger partial charge < -0.3 is 4.98 Å². The van der Waals surface area contributed by atoms with Crippen molar-refractivity contribution >= 4 is 26.6 Å². The number of anilines is 1. The van der Waals surface area contributed by atoms with Crippen LogP contribution in [0.2, 0.25) is 0 Å². The number of hydrogen-bond donors (Lipinski definition) is 1. The topological polar surface area (TPSA) is 92.2 Å². The highest BCUT2D eigenvalue weighted by Gasteiger charge is 2.30. The summed E-state index contributed by atoms with van der Waals surface area (Å²) in [6.45, 7) is 0.393. The largest absolute Gasteiger partial charge is 0.333 e. The molecule has 8 heteroatoms. The second-order valence-corrected chi connectivity index (χ2v) is 12.2. The molecule has 1 N–H and O–H groups in total. The summed E-state index contributed by atoms with van der Waals surface area (Å²) in [5, 5.41) is 0.358. The Morgan fingerprint density at radius 1 is 0.816 bits per heavy atom. The van der Waals surface area contributed by atoms with Crippen LogP contribution in [0.4, 0.5) is 5.69 Å². The van der Waals surface area contributed by atoms with Gasteiger partial charge >= 0.3 is 5.69 Å². The lowest BCUT2D eigenvalue weighted by molar-refractivity contribution is 0.443. The van der Waals surface area contributed by atoms with Gasteiger partial charge in [0.15, 0.2) is 0 Å². The third kappa shape index (κ3) is 4.36. The summed E-state index contributed by atoms with van der Waals surface area (Å²) in [6.07, 6.45) is 8.49. The summed E-state index contributed by atoms with van der Waals surface area (Å²) in [5.74, 6) is 0.469. The molecule has 1 aliphatic carbocycles. The predicted molar refractivity (Wildman–Crippen MR) is 150 cm³/mol. The van der Waals surface area contributed by atoms with Crippen molar-refractivity contribution in [2.75, 3.05) is 10.8 Å². The maximum atomic E-state index is 14.1. The molecule has 0 bridgehead atoms. The standard InChI is InChI=1S/C30H31N3O4S/c34-29-26-14-4-5-15-27(26)31-30(35)33(29)24-12-8-13-25(20-24)38(36,37)32-18-7-6-11-22-16-17-23(19-28(22)32)21-9-2-1-3-10-21/h4-5,8,12-17,19-21H,1-3,6-7,9-11,18H2,(H,31,35). The SMILES string of the molecule is O=c1[nH]c2ccccc2c(=O)n1-c1cccc(S(=O)(=O)N2CCCCc3ccc(C4CCCCC4)cc32)c1. The minimum absolute atomic E-state index is 0.0605. The van der Waals surface area contributed by atoms with E-state index in [2.05, 4.69) is 23.2 Å². The molecule has 2 heterocycles. The van der Waals surface area contributed by atoms with Crippen LogP contribution in [0.5, 0.6) is 0 Å². The number of para-hydroxylation sites is 1. The van der Waals surface area contributed by atoms with Gasteiger partial charge in [0.1, 0.15) is 0 Å². The fourth-order valence-electron chi connectivity index (χ4n) is 5.96. The first-order valence-electron chi connectivity index (χ1n) is 13.4. The van der Waals surface area contributed by atoms with Crippen molar-refractivity contribution in [1.29, 1.82) is 0 Å². The monoisotopic (exact) mass is 529 g/mol. The first-order valence-corrected chi connectivity index (χ1v) is 14.9.